The molecular weight excluding hydrogens is 224 g/mol. The molecule has 5 heteroatoms. The molecule has 0 unspecified atom stereocenters. The van der Waals surface area contributed by atoms with Crippen LogP contribution in [0.2, 0.25) is 0 Å². The molecule has 0 radical (unpaired) electrons. The van der Waals surface area contributed by atoms with Crippen LogP contribution in [0.1, 0.15) is 6.92 Å². The fraction of sp³-hybridized carbons (Fsp3) is 0.455. The molecule has 1 rings (SSSR count). The summed E-state index contributed by atoms with van der Waals surface area (Å²) in [7, 11) is -1.33. The van der Waals surface area contributed by atoms with Crippen LogP contribution in [0.25, 0.3) is 0 Å². The van der Waals surface area contributed by atoms with Gasteiger partial charge in [-0.05, 0) is 12.1 Å². The van der Waals surface area contributed by atoms with E-state index in [4.69, 9.17) is 5.73 Å². The predicted octanol–water partition coefficient (Wildman–Crippen LogP) is 0.875. The molecule has 0 aromatic heterocycles. The van der Waals surface area contributed by atoms with E-state index in [0.29, 0.717) is 18.0 Å². The molecular formula is C11H18N2O2S. The van der Waals surface area contributed by atoms with E-state index in [-0.39, 0.29) is 5.75 Å². The van der Waals surface area contributed by atoms with Gasteiger partial charge in [-0.15, -0.1) is 0 Å². The fourth-order valence-electron chi connectivity index (χ4n) is 1.51. The van der Waals surface area contributed by atoms with Crippen molar-refractivity contribution in [3.63, 3.8) is 0 Å². The summed E-state index contributed by atoms with van der Waals surface area (Å²) in [6.45, 7) is 2.78. The third kappa shape index (κ3) is 2.74. The normalized spacial score (nSPS) is 11.4. The summed E-state index contributed by atoms with van der Waals surface area (Å²) in [5.41, 5.74) is 6.18. The van der Waals surface area contributed by atoms with Crippen LogP contribution in [0.3, 0.4) is 0 Å². The standard InChI is InChI=1S/C11H18N2O2S/c1-3-16(14,15)11-7-5-4-6-10(11)13(2)9-8-12/h4-7H,3,8-9,12H2,1-2H3. The number of sulfone groups is 1. The maximum atomic E-state index is 11.9. The number of benzene rings is 1. The summed E-state index contributed by atoms with van der Waals surface area (Å²) in [5, 5.41) is 0. The van der Waals surface area contributed by atoms with Crippen LogP contribution < -0.4 is 10.6 Å². The van der Waals surface area contributed by atoms with Gasteiger partial charge in [0.1, 0.15) is 0 Å². The molecule has 0 spiro atoms. The van der Waals surface area contributed by atoms with Crippen LogP contribution in [0.4, 0.5) is 5.69 Å². The Morgan fingerprint density at radius 3 is 2.50 bits per heavy atom. The zero-order valence-corrected chi connectivity index (χ0v) is 10.5. The number of likely N-dealkylation sites (N-methyl/N-ethyl adjacent to an activating group) is 1. The van der Waals surface area contributed by atoms with Crippen LogP contribution in [0, 0.1) is 0 Å². The molecule has 16 heavy (non-hydrogen) atoms. The third-order valence-corrected chi connectivity index (χ3v) is 4.23. The van der Waals surface area contributed by atoms with Gasteiger partial charge in [0.05, 0.1) is 16.3 Å². The first-order valence-corrected chi connectivity index (χ1v) is 6.91. The average molecular weight is 242 g/mol. The van der Waals surface area contributed by atoms with Crippen molar-refractivity contribution in [2.75, 3.05) is 30.8 Å². The van der Waals surface area contributed by atoms with E-state index in [1.807, 2.05) is 18.0 Å². The van der Waals surface area contributed by atoms with Crippen molar-refractivity contribution in [1.29, 1.82) is 0 Å². The van der Waals surface area contributed by atoms with Gasteiger partial charge in [-0.1, -0.05) is 19.1 Å². The third-order valence-electron chi connectivity index (χ3n) is 2.46. The smallest absolute Gasteiger partial charge is 0.180 e. The van der Waals surface area contributed by atoms with Crippen molar-refractivity contribution < 1.29 is 8.42 Å². The molecule has 0 aliphatic carbocycles. The van der Waals surface area contributed by atoms with Crippen molar-refractivity contribution in [3.05, 3.63) is 24.3 Å². The summed E-state index contributed by atoms with van der Waals surface area (Å²) in [5.74, 6) is 0.112. The number of hydrogen-bond donors (Lipinski definition) is 1. The first-order chi connectivity index (χ1) is 7.53. The Morgan fingerprint density at radius 1 is 1.31 bits per heavy atom. The Hall–Kier alpha value is -1.07. The highest BCUT2D eigenvalue weighted by atomic mass is 32.2. The molecule has 0 bridgehead atoms. The minimum Gasteiger partial charge on any atom is -0.372 e. The number of para-hydroxylation sites is 1. The van der Waals surface area contributed by atoms with Gasteiger partial charge in [0.25, 0.3) is 0 Å². The van der Waals surface area contributed by atoms with E-state index in [9.17, 15) is 8.42 Å². The lowest BCUT2D eigenvalue weighted by Crippen LogP contribution is -2.26. The number of anilines is 1. The first-order valence-electron chi connectivity index (χ1n) is 5.26. The molecule has 1 aromatic rings. The molecule has 1 aromatic carbocycles. The van der Waals surface area contributed by atoms with Crippen LogP contribution >= 0.6 is 0 Å². The van der Waals surface area contributed by atoms with Gasteiger partial charge in [-0.3, -0.25) is 0 Å². The van der Waals surface area contributed by atoms with Crippen molar-refractivity contribution in [2.45, 2.75) is 11.8 Å². The first kappa shape index (κ1) is 13.0. The molecule has 0 heterocycles. The lowest BCUT2D eigenvalue weighted by atomic mass is 10.3. The van der Waals surface area contributed by atoms with Crippen molar-refractivity contribution in [1.82, 2.24) is 0 Å². The minimum absolute atomic E-state index is 0.112. The topological polar surface area (TPSA) is 63.4 Å². The van der Waals surface area contributed by atoms with Gasteiger partial charge in [0, 0.05) is 20.1 Å². The quantitative estimate of drug-likeness (QED) is 0.832. The molecule has 0 saturated carbocycles. The van der Waals surface area contributed by atoms with Crippen LogP contribution in [-0.4, -0.2) is 34.3 Å². The Kier molecular flexibility index (Phi) is 4.32. The van der Waals surface area contributed by atoms with Crippen LogP contribution in [0.15, 0.2) is 29.2 Å². The van der Waals surface area contributed by atoms with E-state index >= 15 is 0 Å². The maximum absolute atomic E-state index is 11.9. The molecule has 2 N–H and O–H groups in total. The lowest BCUT2D eigenvalue weighted by Gasteiger charge is -2.21. The predicted molar refractivity (Wildman–Crippen MR) is 66.5 cm³/mol. The summed E-state index contributed by atoms with van der Waals surface area (Å²) < 4.78 is 23.7. The van der Waals surface area contributed by atoms with E-state index in [2.05, 4.69) is 0 Å². The Morgan fingerprint density at radius 2 is 1.94 bits per heavy atom. The highest BCUT2D eigenvalue weighted by molar-refractivity contribution is 7.91. The van der Waals surface area contributed by atoms with Gasteiger partial charge < -0.3 is 10.6 Å². The number of nitrogens with two attached hydrogens (primary N) is 1. The number of rotatable bonds is 5. The SMILES string of the molecule is CCS(=O)(=O)c1ccccc1N(C)CCN. The second kappa shape index (κ2) is 5.32. The summed E-state index contributed by atoms with van der Waals surface area (Å²) >= 11 is 0. The van der Waals surface area contributed by atoms with E-state index < -0.39 is 9.84 Å². The summed E-state index contributed by atoms with van der Waals surface area (Å²) in [4.78, 5) is 2.25. The van der Waals surface area contributed by atoms with Gasteiger partial charge >= 0.3 is 0 Å². The van der Waals surface area contributed by atoms with Crippen molar-refractivity contribution in [3.8, 4) is 0 Å². The molecule has 0 fully saturated rings. The molecule has 0 aliphatic rings. The Bertz CT molecular complexity index is 443. The molecule has 0 amide bonds. The monoisotopic (exact) mass is 242 g/mol. The summed E-state index contributed by atoms with van der Waals surface area (Å²) in [6, 6.07) is 7.01. The Balaban J connectivity index is 3.20. The second-order valence-electron chi connectivity index (χ2n) is 3.58. The minimum atomic E-state index is -3.17. The summed E-state index contributed by atoms with van der Waals surface area (Å²) in [6.07, 6.45) is 0. The van der Waals surface area contributed by atoms with Gasteiger partial charge in [0.2, 0.25) is 0 Å². The fourth-order valence-corrected chi connectivity index (χ4v) is 2.64. The van der Waals surface area contributed by atoms with Gasteiger partial charge in [0.15, 0.2) is 9.84 Å². The lowest BCUT2D eigenvalue weighted by molar-refractivity contribution is 0.597. The van der Waals surface area contributed by atoms with Crippen LogP contribution in [0.5, 0.6) is 0 Å². The maximum Gasteiger partial charge on any atom is 0.180 e. The average Bonchev–Trinajstić information content (AvgIpc) is 2.29. The zero-order valence-electron chi connectivity index (χ0n) is 9.68. The second-order valence-corrected chi connectivity index (χ2v) is 5.83. The molecule has 90 valence electrons. The van der Waals surface area contributed by atoms with Gasteiger partial charge in [-0.25, -0.2) is 8.42 Å². The van der Waals surface area contributed by atoms with Crippen LogP contribution in [-0.2, 0) is 9.84 Å². The van der Waals surface area contributed by atoms with Gasteiger partial charge in [-0.2, -0.15) is 0 Å². The molecule has 0 aliphatic heterocycles. The van der Waals surface area contributed by atoms with Crippen molar-refractivity contribution >= 4 is 15.5 Å². The Labute approximate surface area is 97.0 Å². The van der Waals surface area contributed by atoms with Crippen molar-refractivity contribution in [2.24, 2.45) is 5.73 Å². The highest BCUT2D eigenvalue weighted by Crippen LogP contribution is 2.24. The number of nitrogens with zero attached hydrogens (tertiary/aromatic N) is 1. The largest absolute Gasteiger partial charge is 0.372 e. The molecule has 4 nitrogen and oxygen atoms in total. The zero-order chi connectivity index (χ0) is 12.2. The molecule has 0 atom stereocenters. The highest BCUT2D eigenvalue weighted by Gasteiger charge is 2.17. The number of hydrogen-bond acceptors (Lipinski definition) is 4. The van der Waals surface area contributed by atoms with E-state index in [1.54, 1.807) is 25.1 Å². The molecule has 0 saturated heterocycles. The van der Waals surface area contributed by atoms with E-state index in [1.165, 1.54) is 0 Å². The van der Waals surface area contributed by atoms with E-state index in [0.717, 1.165) is 5.69 Å².